The van der Waals surface area contributed by atoms with Crippen molar-refractivity contribution in [3.63, 3.8) is 0 Å². The number of rotatable bonds is 3. The minimum atomic E-state index is -0.0572. The van der Waals surface area contributed by atoms with Crippen molar-refractivity contribution < 1.29 is 9.90 Å². The summed E-state index contributed by atoms with van der Waals surface area (Å²) in [4.78, 5) is 14.3. The first-order valence-corrected chi connectivity index (χ1v) is 6.46. The number of carbonyl (C=O) groups is 1. The fourth-order valence-corrected chi connectivity index (χ4v) is 2.62. The summed E-state index contributed by atoms with van der Waals surface area (Å²) in [6.07, 6.45) is 3.41. The number of aryl methyl sites for hydroxylation is 2. The predicted octanol–water partition coefficient (Wildman–Crippen LogP) is 3.97. The number of benzene rings is 1. The van der Waals surface area contributed by atoms with E-state index in [4.69, 9.17) is 5.11 Å². The SMILES string of the molecule is Cc1cc(/C=C/C(=O)c2ccc(O)cc2)c(C)s1. The lowest BCUT2D eigenvalue weighted by molar-refractivity contribution is 0.104. The zero-order valence-electron chi connectivity index (χ0n) is 10.3. The van der Waals surface area contributed by atoms with Crippen molar-refractivity contribution in [3.8, 4) is 5.75 Å². The van der Waals surface area contributed by atoms with Gasteiger partial charge in [0.2, 0.25) is 0 Å². The fourth-order valence-electron chi connectivity index (χ4n) is 1.70. The molecule has 2 aromatic rings. The number of aromatic hydroxyl groups is 1. The van der Waals surface area contributed by atoms with Gasteiger partial charge in [0, 0.05) is 15.3 Å². The second kappa shape index (κ2) is 5.19. The molecule has 0 spiro atoms. The standard InChI is InChI=1S/C15H14O2S/c1-10-9-13(11(2)18-10)5-8-15(17)12-3-6-14(16)7-4-12/h3-9,16H,1-2H3/b8-5+. The Balaban J connectivity index is 2.16. The highest BCUT2D eigenvalue weighted by atomic mass is 32.1. The Kier molecular flexibility index (Phi) is 3.63. The number of carbonyl (C=O) groups excluding carboxylic acids is 1. The van der Waals surface area contributed by atoms with Crippen LogP contribution in [0.3, 0.4) is 0 Å². The molecule has 0 amide bonds. The Hall–Kier alpha value is -1.87. The van der Waals surface area contributed by atoms with E-state index in [1.165, 1.54) is 21.9 Å². The summed E-state index contributed by atoms with van der Waals surface area (Å²) in [5.74, 6) is 0.109. The largest absolute Gasteiger partial charge is 0.508 e. The van der Waals surface area contributed by atoms with E-state index in [0.29, 0.717) is 5.56 Å². The van der Waals surface area contributed by atoms with Crippen LogP contribution in [0.15, 0.2) is 36.4 Å². The number of ketones is 1. The van der Waals surface area contributed by atoms with Crippen LogP contribution in [-0.2, 0) is 0 Å². The second-order valence-corrected chi connectivity index (χ2v) is 5.57. The lowest BCUT2D eigenvalue weighted by Gasteiger charge is -1.96. The summed E-state index contributed by atoms with van der Waals surface area (Å²) in [5, 5.41) is 9.16. The van der Waals surface area contributed by atoms with E-state index in [9.17, 15) is 4.79 Å². The highest BCUT2D eigenvalue weighted by Gasteiger charge is 2.03. The van der Waals surface area contributed by atoms with Crippen molar-refractivity contribution in [1.82, 2.24) is 0 Å². The van der Waals surface area contributed by atoms with Crippen LogP contribution in [0.1, 0.15) is 25.7 Å². The van der Waals surface area contributed by atoms with E-state index in [1.807, 2.05) is 13.0 Å². The van der Waals surface area contributed by atoms with Crippen LogP contribution in [0, 0.1) is 13.8 Å². The van der Waals surface area contributed by atoms with Gasteiger partial charge in [0.05, 0.1) is 0 Å². The van der Waals surface area contributed by atoms with Crippen molar-refractivity contribution in [2.45, 2.75) is 13.8 Å². The van der Waals surface area contributed by atoms with E-state index >= 15 is 0 Å². The van der Waals surface area contributed by atoms with Crippen molar-refractivity contribution in [3.05, 3.63) is 57.3 Å². The Morgan fingerprint density at radius 3 is 2.44 bits per heavy atom. The normalized spacial score (nSPS) is 11.0. The van der Waals surface area contributed by atoms with E-state index in [1.54, 1.807) is 29.5 Å². The number of phenolic OH excluding ortho intramolecular Hbond substituents is 1. The summed E-state index contributed by atoms with van der Waals surface area (Å²) in [6.45, 7) is 4.10. The molecule has 0 saturated heterocycles. The van der Waals surface area contributed by atoms with Gasteiger partial charge in [-0.3, -0.25) is 4.79 Å². The smallest absolute Gasteiger partial charge is 0.185 e. The molecular weight excluding hydrogens is 244 g/mol. The van der Waals surface area contributed by atoms with E-state index < -0.39 is 0 Å². The predicted molar refractivity (Wildman–Crippen MR) is 75.3 cm³/mol. The van der Waals surface area contributed by atoms with Crippen LogP contribution in [0.4, 0.5) is 0 Å². The number of phenols is 1. The third kappa shape index (κ3) is 2.87. The summed E-state index contributed by atoms with van der Waals surface area (Å²) in [6, 6.07) is 8.34. The minimum absolute atomic E-state index is 0.0572. The first-order chi connectivity index (χ1) is 8.56. The number of hydrogen-bond acceptors (Lipinski definition) is 3. The molecule has 0 bridgehead atoms. The molecule has 0 fully saturated rings. The molecule has 92 valence electrons. The third-order valence-electron chi connectivity index (χ3n) is 2.65. The summed E-state index contributed by atoms with van der Waals surface area (Å²) in [7, 11) is 0. The zero-order chi connectivity index (χ0) is 13.1. The molecule has 2 rings (SSSR count). The number of thiophene rings is 1. The van der Waals surface area contributed by atoms with Crippen LogP contribution >= 0.6 is 11.3 Å². The van der Waals surface area contributed by atoms with Crippen LogP contribution in [0.2, 0.25) is 0 Å². The topological polar surface area (TPSA) is 37.3 Å². The molecule has 1 aromatic carbocycles. The van der Waals surface area contributed by atoms with Crippen molar-refractivity contribution in [2.24, 2.45) is 0 Å². The molecule has 0 saturated carbocycles. The number of allylic oxidation sites excluding steroid dienone is 1. The van der Waals surface area contributed by atoms with Crippen LogP contribution in [-0.4, -0.2) is 10.9 Å². The molecule has 0 radical (unpaired) electrons. The van der Waals surface area contributed by atoms with E-state index in [2.05, 4.69) is 13.0 Å². The van der Waals surface area contributed by atoms with Gasteiger partial charge in [0.15, 0.2) is 5.78 Å². The molecule has 1 aromatic heterocycles. The summed E-state index contributed by atoms with van der Waals surface area (Å²) in [5.41, 5.74) is 1.67. The maximum atomic E-state index is 11.9. The van der Waals surface area contributed by atoms with Gasteiger partial charge in [0.1, 0.15) is 5.75 Å². The van der Waals surface area contributed by atoms with Gasteiger partial charge >= 0.3 is 0 Å². The van der Waals surface area contributed by atoms with Gasteiger partial charge in [-0.15, -0.1) is 11.3 Å². The van der Waals surface area contributed by atoms with Gasteiger partial charge in [-0.2, -0.15) is 0 Å². The van der Waals surface area contributed by atoms with E-state index in [0.717, 1.165) is 5.56 Å². The van der Waals surface area contributed by atoms with Gasteiger partial charge in [-0.05, 0) is 61.9 Å². The van der Waals surface area contributed by atoms with Gasteiger partial charge in [-0.25, -0.2) is 0 Å². The molecule has 2 nitrogen and oxygen atoms in total. The fraction of sp³-hybridized carbons (Fsp3) is 0.133. The summed E-state index contributed by atoms with van der Waals surface area (Å²) < 4.78 is 0. The third-order valence-corrected chi connectivity index (χ3v) is 3.63. The maximum Gasteiger partial charge on any atom is 0.185 e. The van der Waals surface area contributed by atoms with Crippen LogP contribution in [0.25, 0.3) is 6.08 Å². The maximum absolute atomic E-state index is 11.9. The lowest BCUT2D eigenvalue weighted by Crippen LogP contribution is -1.92. The molecule has 0 atom stereocenters. The average molecular weight is 258 g/mol. The van der Waals surface area contributed by atoms with Crippen LogP contribution < -0.4 is 0 Å². The number of hydrogen-bond donors (Lipinski definition) is 1. The molecule has 18 heavy (non-hydrogen) atoms. The van der Waals surface area contributed by atoms with Gasteiger partial charge in [-0.1, -0.05) is 0 Å². The Bertz CT molecular complexity index is 591. The van der Waals surface area contributed by atoms with Crippen molar-refractivity contribution in [1.29, 1.82) is 0 Å². The second-order valence-electron chi connectivity index (χ2n) is 4.11. The summed E-state index contributed by atoms with van der Waals surface area (Å²) >= 11 is 1.72. The molecular formula is C15H14O2S. The highest BCUT2D eigenvalue weighted by molar-refractivity contribution is 7.12. The molecule has 0 aliphatic carbocycles. The van der Waals surface area contributed by atoms with E-state index in [-0.39, 0.29) is 11.5 Å². The van der Waals surface area contributed by atoms with Gasteiger partial charge < -0.3 is 5.11 Å². The van der Waals surface area contributed by atoms with Crippen LogP contribution in [0.5, 0.6) is 5.75 Å². The molecule has 0 aliphatic rings. The van der Waals surface area contributed by atoms with Crippen molar-refractivity contribution in [2.75, 3.05) is 0 Å². The lowest BCUT2D eigenvalue weighted by atomic mass is 10.1. The first-order valence-electron chi connectivity index (χ1n) is 5.65. The monoisotopic (exact) mass is 258 g/mol. The van der Waals surface area contributed by atoms with Crippen molar-refractivity contribution >= 4 is 23.2 Å². The Morgan fingerprint density at radius 1 is 1.22 bits per heavy atom. The molecule has 1 N–H and O–H groups in total. The molecule has 1 heterocycles. The minimum Gasteiger partial charge on any atom is -0.508 e. The molecule has 3 heteroatoms. The molecule has 0 aliphatic heterocycles. The Morgan fingerprint density at radius 2 is 1.89 bits per heavy atom. The van der Waals surface area contributed by atoms with Gasteiger partial charge in [0.25, 0.3) is 0 Å². The average Bonchev–Trinajstić information content (AvgIpc) is 2.66. The Labute approximate surface area is 110 Å². The first kappa shape index (κ1) is 12.6. The molecule has 0 unspecified atom stereocenters. The zero-order valence-corrected chi connectivity index (χ0v) is 11.1. The highest BCUT2D eigenvalue weighted by Crippen LogP contribution is 2.22. The quantitative estimate of drug-likeness (QED) is 0.668.